The lowest BCUT2D eigenvalue weighted by atomic mass is 10.2. The summed E-state index contributed by atoms with van der Waals surface area (Å²) in [6.07, 6.45) is 1.16. The molecule has 0 aliphatic rings. The first-order valence-electron chi connectivity index (χ1n) is 5.40. The molecule has 0 radical (unpaired) electrons. The van der Waals surface area contributed by atoms with Crippen molar-refractivity contribution in [2.24, 2.45) is 0 Å². The summed E-state index contributed by atoms with van der Waals surface area (Å²) in [6, 6.07) is 0.299. The van der Waals surface area contributed by atoms with Crippen molar-refractivity contribution in [1.82, 2.24) is 15.5 Å². The molecule has 0 atom stereocenters. The van der Waals surface area contributed by atoms with E-state index in [9.17, 15) is 8.42 Å². The zero-order valence-corrected chi connectivity index (χ0v) is 11.6. The van der Waals surface area contributed by atoms with E-state index >= 15 is 0 Å². The normalized spacial score (nSPS) is 13.3. The lowest BCUT2D eigenvalue weighted by molar-refractivity contribution is 0.390. The van der Waals surface area contributed by atoms with E-state index in [1.165, 1.54) is 0 Å². The SMILES string of the molecule is CC(C)NCc1nnc(C(C)(C)S(C)(=O)=O)o1. The van der Waals surface area contributed by atoms with E-state index in [4.69, 9.17) is 4.42 Å². The van der Waals surface area contributed by atoms with E-state index in [-0.39, 0.29) is 5.89 Å². The van der Waals surface area contributed by atoms with Crippen LogP contribution in [0.1, 0.15) is 39.5 Å². The van der Waals surface area contributed by atoms with Crippen LogP contribution >= 0.6 is 0 Å². The van der Waals surface area contributed by atoms with Crippen molar-refractivity contribution in [2.45, 2.75) is 45.0 Å². The van der Waals surface area contributed by atoms with E-state index in [2.05, 4.69) is 15.5 Å². The minimum absolute atomic E-state index is 0.126. The fraction of sp³-hybridized carbons (Fsp3) is 0.800. The number of nitrogens with one attached hydrogen (secondary N) is 1. The van der Waals surface area contributed by atoms with Gasteiger partial charge in [0.15, 0.2) is 9.84 Å². The maximum atomic E-state index is 11.6. The number of hydrogen-bond acceptors (Lipinski definition) is 6. The second-order valence-electron chi connectivity index (χ2n) is 4.82. The minimum atomic E-state index is -3.29. The van der Waals surface area contributed by atoms with Crippen molar-refractivity contribution in [3.05, 3.63) is 11.8 Å². The standard InChI is InChI=1S/C10H19N3O3S/c1-7(2)11-6-8-12-13-9(16-8)10(3,4)17(5,14)15/h7,11H,6H2,1-5H3. The Balaban J connectivity index is 2.88. The number of sulfone groups is 1. The van der Waals surface area contributed by atoms with Gasteiger partial charge in [-0.05, 0) is 13.8 Å². The third kappa shape index (κ3) is 3.26. The molecule has 0 unspecified atom stereocenters. The van der Waals surface area contributed by atoms with Crippen molar-refractivity contribution < 1.29 is 12.8 Å². The highest BCUT2D eigenvalue weighted by molar-refractivity contribution is 7.91. The van der Waals surface area contributed by atoms with Gasteiger partial charge in [-0.25, -0.2) is 8.42 Å². The summed E-state index contributed by atoms with van der Waals surface area (Å²) in [4.78, 5) is 0. The number of rotatable bonds is 5. The van der Waals surface area contributed by atoms with Crippen LogP contribution in [0.2, 0.25) is 0 Å². The van der Waals surface area contributed by atoms with E-state index in [0.717, 1.165) is 6.26 Å². The van der Waals surface area contributed by atoms with Crippen LogP contribution in [0.3, 0.4) is 0 Å². The molecule has 1 N–H and O–H groups in total. The Hall–Kier alpha value is -0.950. The maximum Gasteiger partial charge on any atom is 0.237 e. The molecule has 0 saturated heterocycles. The summed E-state index contributed by atoms with van der Waals surface area (Å²) in [6.45, 7) is 7.53. The molecule has 1 aromatic heterocycles. The average Bonchev–Trinajstić information content (AvgIpc) is 2.61. The second-order valence-corrected chi connectivity index (χ2v) is 7.38. The topological polar surface area (TPSA) is 85.1 Å². The molecule has 98 valence electrons. The van der Waals surface area contributed by atoms with Crippen LogP contribution in [0, 0.1) is 0 Å². The molecule has 17 heavy (non-hydrogen) atoms. The molecule has 0 saturated carbocycles. The zero-order valence-electron chi connectivity index (χ0n) is 10.8. The molecule has 0 bridgehead atoms. The fourth-order valence-corrected chi connectivity index (χ4v) is 1.42. The lowest BCUT2D eigenvalue weighted by Gasteiger charge is -2.17. The third-order valence-corrected chi connectivity index (χ3v) is 4.60. The van der Waals surface area contributed by atoms with Crippen molar-refractivity contribution in [2.75, 3.05) is 6.26 Å². The molecule has 1 aromatic rings. The first kappa shape index (κ1) is 14.1. The number of aromatic nitrogens is 2. The van der Waals surface area contributed by atoms with Gasteiger partial charge in [0.1, 0.15) is 4.75 Å². The van der Waals surface area contributed by atoms with Gasteiger partial charge in [-0.1, -0.05) is 13.8 Å². The van der Waals surface area contributed by atoms with Crippen LogP contribution in [-0.2, 0) is 21.1 Å². The molecular weight excluding hydrogens is 242 g/mol. The number of hydrogen-bond donors (Lipinski definition) is 1. The Morgan fingerprint density at radius 2 is 1.94 bits per heavy atom. The molecule has 0 aliphatic carbocycles. The largest absolute Gasteiger partial charge is 0.422 e. The van der Waals surface area contributed by atoms with Gasteiger partial charge >= 0.3 is 0 Å². The summed E-state index contributed by atoms with van der Waals surface area (Å²) in [7, 11) is -3.29. The average molecular weight is 261 g/mol. The van der Waals surface area contributed by atoms with E-state index in [1.807, 2.05) is 13.8 Å². The highest BCUT2D eigenvalue weighted by Gasteiger charge is 2.37. The van der Waals surface area contributed by atoms with Crippen molar-refractivity contribution >= 4 is 9.84 Å². The molecule has 6 nitrogen and oxygen atoms in total. The van der Waals surface area contributed by atoms with Gasteiger partial charge in [0.2, 0.25) is 11.8 Å². The highest BCUT2D eigenvalue weighted by atomic mass is 32.2. The van der Waals surface area contributed by atoms with Gasteiger partial charge < -0.3 is 9.73 Å². The lowest BCUT2D eigenvalue weighted by Crippen LogP contribution is -2.28. The molecule has 1 heterocycles. The van der Waals surface area contributed by atoms with Crippen molar-refractivity contribution in [1.29, 1.82) is 0 Å². The van der Waals surface area contributed by atoms with Crippen LogP contribution in [0.15, 0.2) is 4.42 Å². The van der Waals surface area contributed by atoms with Gasteiger partial charge in [0, 0.05) is 12.3 Å². The van der Waals surface area contributed by atoms with Crippen LogP contribution < -0.4 is 5.32 Å². The van der Waals surface area contributed by atoms with E-state index in [1.54, 1.807) is 13.8 Å². The quantitative estimate of drug-likeness (QED) is 0.845. The van der Waals surface area contributed by atoms with Crippen LogP contribution in [0.5, 0.6) is 0 Å². The highest BCUT2D eigenvalue weighted by Crippen LogP contribution is 2.27. The van der Waals surface area contributed by atoms with Crippen LogP contribution in [-0.4, -0.2) is 30.9 Å². The van der Waals surface area contributed by atoms with Crippen LogP contribution in [0.25, 0.3) is 0 Å². The van der Waals surface area contributed by atoms with Gasteiger partial charge in [-0.15, -0.1) is 10.2 Å². The third-order valence-electron chi connectivity index (χ3n) is 2.57. The first-order chi connectivity index (χ1) is 7.64. The molecular formula is C10H19N3O3S. The fourth-order valence-electron chi connectivity index (χ4n) is 1.02. The maximum absolute atomic E-state index is 11.6. The van der Waals surface area contributed by atoms with Gasteiger partial charge in [0.25, 0.3) is 0 Å². The predicted molar refractivity (Wildman–Crippen MR) is 64.1 cm³/mol. The van der Waals surface area contributed by atoms with Gasteiger partial charge in [-0.3, -0.25) is 0 Å². The summed E-state index contributed by atoms with van der Waals surface area (Å²) in [5.41, 5.74) is 0. The van der Waals surface area contributed by atoms with Crippen LogP contribution in [0.4, 0.5) is 0 Å². The predicted octanol–water partition coefficient (Wildman–Crippen LogP) is 0.847. The Morgan fingerprint density at radius 3 is 2.41 bits per heavy atom. The van der Waals surface area contributed by atoms with E-state index in [0.29, 0.717) is 18.5 Å². The molecule has 1 rings (SSSR count). The Labute approximate surface area is 102 Å². The zero-order chi connectivity index (χ0) is 13.3. The first-order valence-corrected chi connectivity index (χ1v) is 7.29. The Morgan fingerprint density at radius 1 is 1.35 bits per heavy atom. The Kier molecular flexibility index (Phi) is 3.93. The van der Waals surface area contributed by atoms with Crippen molar-refractivity contribution in [3.8, 4) is 0 Å². The molecule has 0 aromatic carbocycles. The summed E-state index contributed by atoms with van der Waals surface area (Å²) in [5, 5.41) is 10.7. The smallest absolute Gasteiger partial charge is 0.237 e. The molecule has 0 aliphatic heterocycles. The molecule has 0 fully saturated rings. The number of nitrogens with zero attached hydrogens (tertiary/aromatic N) is 2. The summed E-state index contributed by atoms with van der Waals surface area (Å²) >= 11 is 0. The minimum Gasteiger partial charge on any atom is -0.422 e. The molecule has 0 spiro atoms. The monoisotopic (exact) mass is 261 g/mol. The van der Waals surface area contributed by atoms with Crippen molar-refractivity contribution in [3.63, 3.8) is 0 Å². The van der Waals surface area contributed by atoms with Gasteiger partial charge in [0.05, 0.1) is 6.54 Å². The Bertz CT molecular complexity index is 477. The molecule has 0 amide bonds. The van der Waals surface area contributed by atoms with E-state index < -0.39 is 14.6 Å². The molecule has 7 heteroatoms. The summed E-state index contributed by atoms with van der Waals surface area (Å²) < 4.78 is 27.4. The summed E-state index contributed by atoms with van der Waals surface area (Å²) in [5.74, 6) is 0.519. The van der Waals surface area contributed by atoms with Gasteiger partial charge in [-0.2, -0.15) is 0 Å². The second kappa shape index (κ2) is 4.73.